The predicted octanol–water partition coefficient (Wildman–Crippen LogP) is 3.22. The summed E-state index contributed by atoms with van der Waals surface area (Å²) in [6, 6.07) is 9.96. The smallest absolute Gasteiger partial charge is 0.338 e. The van der Waals surface area contributed by atoms with Crippen LogP contribution in [0.2, 0.25) is 0 Å². The molecule has 1 aliphatic rings. The standard InChI is InChI=1S/C28H30N2O7S/c1-7-36-22-13-18(10-12-20(22)34-5)25-24(27(32)37-8-2)16(3)29-28-30(25)26(31)23(38-28)14-17-9-11-19(33-4)15-21(17)35-6/h9-15,25H,7-8H2,1-6H3/b23-14-/t25-/m1/s1. The first-order valence-corrected chi connectivity index (χ1v) is 12.9. The van der Waals surface area contributed by atoms with Gasteiger partial charge in [0.2, 0.25) is 0 Å². The van der Waals surface area contributed by atoms with E-state index in [1.54, 1.807) is 65.5 Å². The zero-order valence-corrected chi connectivity index (χ0v) is 23.0. The van der Waals surface area contributed by atoms with E-state index in [1.807, 2.05) is 19.1 Å². The van der Waals surface area contributed by atoms with Crippen molar-refractivity contribution in [2.75, 3.05) is 34.5 Å². The molecule has 0 saturated heterocycles. The van der Waals surface area contributed by atoms with E-state index in [0.717, 1.165) is 0 Å². The molecule has 0 fully saturated rings. The van der Waals surface area contributed by atoms with Gasteiger partial charge in [0.15, 0.2) is 16.3 Å². The van der Waals surface area contributed by atoms with Gasteiger partial charge in [-0.1, -0.05) is 17.4 Å². The average molecular weight is 539 g/mol. The van der Waals surface area contributed by atoms with Crippen LogP contribution in [-0.4, -0.2) is 45.1 Å². The molecule has 1 aromatic heterocycles. The minimum Gasteiger partial charge on any atom is -0.497 e. The fourth-order valence-corrected chi connectivity index (χ4v) is 5.35. The molecule has 3 aromatic rings. The van der Waals surface area contributed by atoms with Crippen LogP contribution < -0.4 is 33.8 Å². The molecule has 0 aliphatic carbocycles. The normalized spacial score (nSPS) is 15.0. The Morgan fingerprint density at radius 2 is 1.76 bits per heavy atom. The quantitative estimate of drug-likeness (QED) is 0.386. The number of rotatable bonds is 9. The molecule has 10 heteroatoms. The molecule has 38 heavy (non-hydrogen) atoms. The molecule has 9 nitrogen and oxygen atoms in total. The number of esters is 1. The number of hydrogen-bond donors (Lipinski definition) is 0. The molecule has 0 spiro atoms. The van der Waals surface area contributed by atoms with Crippen LogP contribution in [0.1, 0.15) is 37.9 Å². The highest BCUT2D eigenvalue weighted by Gasteiger charge is 2.34. The number of methoxy groups -OCH3 is 3. The van der Waals surface area contributed by atoms with E-state index in [-0.39, 0.29) is 12.2 Å². The SMILES string of the molecule is CCOC(=O)C1=C(C)N=c2s/c(=C\c3ccc(OC)cc3OC)c(=O)n2[C@@H]1c1ccc(OC)c(OCC)c1. The van der Waals surface area contributed by atoms with Crippen molar-refractivity contribution in [1.82, 2.24) is 4.57 Å². The Kier molecular flexibility index (Phi) is 8.21. The third kappa shape index (κ3) is 5.04. The summed E-state index contributed by atoms with van der Waals surface area (Å²) in [5.41, 5.74) is 1.86. The fourth-order valence-electron chi connectivity index (χ4n) is 4.32. The number of hydrogen-bond acceptors (Lipinski definition) is 9. The zero-order chi connectivity index (χ0) is 27.4. The van der Waals surface area contributed by atoms with Crippen molar-refractivity contribution in [2.24, 2.45) is 4.99 Å². The maximum atomic E-state index is 13.9. The summed E-state index contributed by atoms with van der Waals surface area (Å²) in [5, 5.41) is 0. The summed E-state index contributed by atoms with van der Waals surface area (Å²) in [6.07, 6.45) is 1.75. The number of nitrogens with zero attached hydrogens (tertiary/aromatic N) is 2. The predicted molar refractivity (Wildman–Crippen MR) is 144 cm³/mol. The number of carbonyl (C=O) groups excluding carboxylic acids is 1. The summed E-state index contributed by atoms with van der Waals surface area (Å²) in [6.45, 7) is 5.97. The van der Waals surface area contributed by atoms with Gasteiger partial charge in [-0.3, -0.25) is 9.36 Å². The number of aromatic nitrogens is 1. The molecule has 200 valence electrons. The van der Waals surface area contributed by atoms with Gasteiger partial charge in [0.25, 0.3) is 5.56 Å². The van der Waals surface area contributed by atoms with Crippen molar-refractivity contribution < 1.29 is 28.5 Å². The first-order chi connectivity index (χ1) is 18.4. The Morgan fingerprint density at radius 3 is 2.42 bits per heavy atom. The molecule has 2 aromatic carbocycles. The molecule has 0 unspecified atom stereocenters. The maximum absolute atomic E-state index is 13.9. The molecule has 1 aliphatic heterocycles. The van der Waals surface area contributed by atoms with Crippen molar-refractivity contribution in [3.63, 3.8) is 0 Å². The summed E-state index contributed by atoms with van der Waals surface area (Å²) in [4.78, 5) is 32.1. The van der Waals surface area contributed by atoms with Crippen LogP contribution in [0.25, 0.3) is 6.08 Å². The number of carbonyl (C=O) groups is 1. The number of thiazole rings is 1. The Bertz CT molecular complexity index is 1570. The second kappa shape index (κ2) is 11.6. The molecule has 2 heterocycles. The minimum atomic E-state index is -0.768. The van der Waals surface area contributed by atoms with Crippen LogP contribution >= 0.6 is 11.3 Å². The van der Waals surface area contributed by atoms with Crippen molar-refractivity contribution in [1.29, 1.82) is 0 Å². The lowest BCUT2D eigenvalue weighted by molar-refractivity contribution is -0.139. The van der Waals surface area contributed by atoms with Gasteiger partial charge in [0.05, 0.1) is 56.4 Å². The second-order valence-corrected chi connectivity index (χ2v) is 9.26. The highest BCUT2D eigenvalue weighted by Crippen LogP contribution is 2.36. The van der Waals surface area contributed by atoms with Crippen molar-refractivity contribution in [3.8, 4) is 23.0 Å². The molecular weight excluding hydrogens is 508 g/mol. The largest absolute Gasteiger partial charge is 0.497 e. The highest BCUT2D eigenvalue weighted by molar-refractivity contribution is 7.07. The summed E-state index contributed by atoms with van der Waals surface area (Å²) in [5.74, 6) is 1.73. The Balaban J connectivity index is 1.96. The van der Waals surface area contributed by atoms with Gasteiger partial charge in [-0.2, -0.15) is 0 Å². The van der Waals surface area contributed by atoms with Gasteiger partial charge in [-0.15, -0.1) is 0 Å². The summed E-state index contributed by atoms with van der Waals surface area (Å²) < 4.78 is 29.4. The van der Waals surface area contributed by atoms with E-state index in [1.165, 1.54) is 15.9 Å². The minimum absolute atomic E-state index is 0.191. The zero-order valence-electron chi connectivity index (χ0n) is 22.2. The topological polar surface area (TPSA) is 97.6 Å². The Labute approximate surface area is 224 Å². The van der Waals surface area contributed by atoms with Gasteiger partial charge in [-0.25, -0.2) is 9.79 Å². The van der Waals surface area contributed by atoms with E-state index in [9.17, 15) is 9.59 Å². The molecule has 0 amide bonds. The first-order valence-electron chi connectivity index (χ1n) is 12.1. The van der Waals surface area contributed by atoms with Crippen LogP contribution in [0.4, 0.5) is 0 Å². The van der Waals surface area contributed by atoms with Crippen molar-refractivity contribution >= 4 is 23.4 Å². The monoisotopic (exact) mass is 538 g/mol. The molecule has 0 N–H and O–H groups in total. The fraction of sp³-hybridized carbons (Fsp3) is 0.321. The van der Waals surface area contributed by atoms with Gasteiger partial charge in [0.1, 0.15) is 11.5 Å². The van der Waals surface area contributed by atoms with Gasteiger partial charge >= 0.3 is 5.97 Å². The molecule has 1 atom stereocenters. The highest BCUT2D eigenvalue weighted by atomic mass is 32.1. The molecule has 4 rings (SSSR count). The van der Waals surface area contributed by atoms with Crippen molar-refractivity contribution in [3.05, 3.63) is 78.5 Å². The third-order valence-electron chi connectivity index (χ3n) is 6.05. The van der Waals surface area contributed by atoms with E-state index < -0.39 is 12.0 Å². The Morgan fingerprint density at radius 1 is 1.00 bits per heavy atom. The number of benzene rings is 2. The molecule has 0 bridgehead atoms. The number of ether oxygens (including phenoxy) is 5. The number of fused-ring (bicyclic) bond motifs is 1. The lowest BCUT2D eigenvalue weighted by atomic mass is 9.95. The molecule has 0 saturated carbocycles. The van der Waals surface area contributed by atoms with Crippen molar-refractivity contribution in [2.45, 2.75) is 26.8 Å². The van der Waals surface area contributed by atoms with Crippen LogP contribution in [0.15, 0.2) is 57.5 Å². The third-order valence-corrected chi connectivity index (χ3v) is 7.03. The van der Waals surface area contributed by atoms with Gasteiger partial charge in [-0.05, 0) is 56.7 Å². The van der Waals surface area contributed by atoms with E-state index >= 15 is 0 Å². The maximum Gasteiger partial charge on any atom is 0.338 e. The van der Waals surface area contributed by atoms with E-state index in [0.29, 0.717) is 61.3 Å². The van der Waals surface area contributed by atoms with E-state index in [4.69, 9.17) is 23.7 Å². The van der Waals surface area contributed by atoms with Crippen LogP contribution in [0.5, 0.6) is 23.0 Å². The second-order valence-electron chi connectivity index (χ2n) is 8.25. The molecular formula is C28H30N2O7S. The number of allylic oxidation sites excluding steroid dienone is 1. The summed E-state index contributed by atoms with van der Waals surface area (Å²) in [7, 11) is 4.69. The lowest BCUT2D eigenvalue weighted by Crippen LogP contribution is -2.40. The van der Waals surface area contributed by atoms with Crippen LogP contribution in [0, 0.1) is 0 Å². The van der Waals surface area contributed by atoms with E-state index in [2.05, 4.69) is 4.99 Å². The van der Waals surface area contributed by atoms with Gasteiger partial charge in [0, 0.05) is 11.6 Å². The molecule has 0 radical (unpaired) electrons. The van der Waals surface area contributed by atoms with Crippen LogP contribution in [-0.2, 0) is 9.53 Å². The summed E-state index contributed by atoms with van der Waals surface area (Å²) >= 11 is 1.24. The average Bonchev–Trinajstić information content (AvgIpc) is 3.22. The Hall–Kier alpha value is -4.05. The van der Waals surface area contributed by atoms with Crippen LogP contribution in [0.3, 0.4) is 0 Å². The first kappa shape index (κ1) is 27.0. The van der Waals surface area contributed by atoms with Gasteiger partial charge < -0.3 is 23.7 Å². The lowest BCUT2D eigenvalue weighted by Gasteiger charge is -2.25.